The molecule has 1 aromatic carbocycles. The molecule has 2 aromatic rings. The van der Waals surface area contributed by atoms with Crippen LogP contribution in [-0.2, 0) is 6.54 Å². The summed E-state index contributed by atoms with van der Waals surface area (Å²) in [6.07, 6.45) is 3.11. The number of rotatable bonds is 3. The third-order valence-corrected chi connectivity index (χ3v) is 2.15. The molecule has 0 atom stereocenters. The zero-order chi connectivity index (χ0) is 10.7. The van der Waals surface area contributed by atoms with Crippen LogP contribution >= 0.6 is 0 Å². The molecule has 2 N–H and O–H groups in total. The van der Waals surface area contributed by atoms with Gasteiger partial charge in [0, 0.05) is 6.54 Å². The molecule has 15 heavy (non-hydrogen) atoms. The van der Waals surface area contributed by atoms with E-state index >= 15 is 0 Å². The van der Waals surface area contributed by atoms with Gasteiger partial charge in [-0.25, -0.2) is 9.67 Å². The summed E-state index contributed by atoms with van der Waals surface area (Å²) in [4.78, 5) is 3.89. The van der Waals surface area contributed by atoms with Crippen molar-refractivity contribution in [3.05, 3.63) is 36.4 Å². The number of nitrogens with zero attached hydrogens (tertiary/aromatic N) is 3. The van der Waals surface area contributed by atoms with Gasteiger partial charge in [-0.2, -0.15) is 5.10 Å². The van der Waals surface area contributed by atoms with Crippen molar-refractivity contribution in [3.8, 4) is 11.4 Å². The molecule has 5 heteroatoms. The largest absolute Gasteiger partial charge is 0.494 e. The second-order valence-electron chi connectivity index (χ2n) is 3.05. The van der Waals surface area contributed by atoms with E-state index in [1.54, 1.807) is 18.1 Å². The summed E-state index contributed by atoms with van der Waals surface area (Å²) in [5, 5.41) is 4.04. The van der Waals surface area contributed by atoms with Gasteiger partial charge in [0.15, 0.2) is 0 Å². The van der Waals surface area contributed by atoms with Crippen LogP contribution < -0.4 is 10.5 Å². The van der Waals surface area contributed by atoms with Gasteiger partial charge in [-0.3, -0.25) is 0 Å². The van der Waals surface area contributed by atoms with Crippen LogP contribution in [0.25, 0.3) is 5.69 Å². The fourth-order valence-corrected chi connectivity index (χ4v) is 1.37. The van der Waals surface area contributed by atoms with Gasteiger partial charge in [-0.05, 0) is 17.7 Å². The van der Waals surface area contributed by atoms with Gasteiger partial charge in [0.2, 0.25) is 0 Å². The fraction of sp³-hybridized carbons (Fsp3) is 0.200. The van der Waals surface area contributed by atoms with E-state index in [2.05, 4.69) is 10.1 Å². The van der Waals surface area contributed by atoms with Gasteiger partial charge in [-0.1, -0.05) is 6.07 Å². The first kappa shape index (κ1) is 9.67. The summed E-state index contributed by atoms with van der Waals surface area (Å²) in [6, 6.07) is 5.76. The molecular formula is C10H12N4O. The predicted octanol–water partition coefficient (Wildman–Crippen LogP) is 0.735. The monoisotopic (exact) mass is 204 g/mol. The van der Waals surface area contributed by atoms with Crippen molar-refractivity contribution in [2.75, 3.05) is 7.11 Å². The zero-order valence-corrected chi connectivity index (χ0v) is 8.42. The maximum atomic E-state index is 5.55. The number of ether oxygens (including phenoxy) is 1. The molecule has 2 rings (SSSR count). The van der Waals surface area contributed by atoms with E-state index in [1.807, 2.05) is 18.2 Å². The van der Waals surface area contributed by atoms with Crippen molar-refractivity contribution in [1.82, 2.24) is 14.8 Å². The normalized spacial score (nSPS) is 10.3. The van der Waals surface area contributed by atoms with Crippen LogP contribution in [0.1, 0.15) is 5.56 Å². The molecule has 0 aliphatic rings. The highest BCUT2D eigenvalue weighted by Gasteiger charge is 2.06. The number of benzene rings is 1. The van der Waals surface area contributed by atoms with E-state index in [9.17, 15) is 0 Å². The van der Waals surface area contributed by atoms with Crippen molar-refractivity contribution in [3.63, 3.8) is 0 Å². The van der Waals surface area contributed by atoms with E-state index < -0.39 is 0 Å². The SMILES string of the molecule is COc1cc(CN)ccc1-n1cncn1. The molecular weight excluding hydrogens is 192 g/mol. The first-order valence-electron chi connectivity index (χ1n) is 4.57. The first-order chi connectivity index (χ1) is 7.35. The van der Waals surface area contributed by atoms with Gasteiger partial charge in [0.25, 0.3) is 0 Å². The lowest BCUT2D eigenvalue weighted by molar-refractivity contribution is 0.411. The lowest BCUT2D eigenvalue weighted by Crippen LogP contribution is -2.01. The summed E-state index contributed by atoms with van der Waals surface area (Å²) >= 11 is 0. The molecule has 0 spiro atoms. The Hall–Kier alpha value is -1.88. The minimum Gasteiger partial charge on any atom is -0.494 e. The maximum absolute atomic E-state index is 5.55. The molecule has 78 valence electrons. The van der Waals surface area contributed by atoms with E-state index in [4.69, 9.17) is 10.5 Å². The van der Waals surface area contributed by atoms with Crippen LogP contribution in [0, 0.1) is 0 Å². The van der Waals surface area contributed by atoms with Crippen LogP contribution in [0.15, 0.2) is 30.9 Å². The minimum absolute atomic E-state index is 0.494. The van der Waals surface area contributed by atoms with Gasteiger partial charge < -0.3 is 10.5 Å². The van der Waals surface area contributed by atoms with Crippen LogP contribution in [0.4, 0.5) is 0 Å². The molecule has 0 fully saturated rings. The molecule has 1 heterocycles. The number of methoxy groups -OCH3 is 1. The Morgan fingerprint density at radius 2 is 2.33 bits per heavy atom. The molecule has 0 saturated carbocycles. The van der Waals surface area contributed by atoms with Gasteiger partial charge in [0.1, 0.15) is 24.1 Å². The minimum atomic E-state index is 0.494. The average Bonchev–Trinajstić information content (AvgIpc) is 2.81. The Labute approximate surface area is 87.5 Å². The summed E-state index contributed by atoms with van der Waals surface area (Å²) in [6.45, 7) is 0.494. The zero-order valence-electron chi connectivity index (χ0n) is 8.42. The Bertz CT molecular complexity index is 439. The van der Waals surface area contributed by atoms with Crippen molar-refractivity contribution < 1.29 is 4.74 Å². The lowest BCUT2D eigenvalue weighted by atomic mass is 10.2. The van der Waals surface area contributed by atoms with Crippen molar-refractivity contribution in [2.24, 2.45) is 5.73 Å². The van der Waals surface area contributed by atoms with E-state index in [-0.39, 0.29) is 0 Å². The van der Waals surface area contributed by atoms with Gasteiger partial charge in [-0.15, -0.1) is 0 Å². The van der Waals surface area contributed by atoms with Crippen LogP contribution in [0.2, 0.25) is 0 Å². The highest BCUT2D eigenvalue weighted by atomic mass is 16.5. The summed E-state index contributed by atoms with van der Waals surface area (Å²) in [5.74, 6) is 0.739. The third-order valence-electron chi connectivity index (χ3n) is 2.15. The predicted molar refractivity (Wildman–Crippen MR) is 55.8 cm³/mol. The van der Waals surface area contributed by atoms with Crippen molar-refractivity contribution in [1.29, 1.82) is 0 Å². The second-order valence-corrected chi connectivity index (χ2v) is 3.05. The molecule has 0 saturated heterocycles. The number of hydrogen-bond acceptors (Lipinski definition) is 4. The second kappa shape index (κ2) is 4.10. The first-order valence-corrected chi connectivity index (χ1v) is 4.57. The Kier molecular flexibility index (Phi) is 2.64. The van der Waals surface area contributed by atoms with E-state index in [0.29, 0.717) is 6.54 Å². The third kappa shape index (κ3) is 1.82. The standard InChI is InChI=1S/C10H12N4O/c1-15-10-4-8(5-11)2-3-9(10)14-7-12-6-13-14/h2-4,6-7H,5,11H2,1H3. The highest BCUT2D eigenvalue weighted by Crippen LogP contribution is 2.22. The van der Waals surface area contributed by atoms with Crippen LogP contribution in [-0.4, -0.2) is 21.9 Å². The molecule has 5 nitrogen and oxygen atoms in total. The molecule has 0 unspecified atom stereocenters. The van der Waals surface area contributed by atoms with Gasteiger partial charge in [0.05, 0.1) is 7.11 Å². The lowest BCUT2D eigenvalue weighted by Gasteiger charge is -2.09. The Morgan fingerprint density at radius 1 is 1.47 bits per heavy atom. The number of hydrogen-bond donors (Lipinski definition) is 1. The molecule has 0 radical (unpaired) electrons. The van der Waals surface area contributed by atoms with Crippen molar-refractivity contribution in [2.45, 2.75) is 6.54 Å². The Morgan fingerprint density at radius 3 is 2.93 bits per heavy atom. The number of nitrogens with two attached hydrogens (primary N) is 1. The van der Waals surface area contributed by atoms with Crippen molar-refractivity contribution >= 4 is 0 Å². The molecule has 0 bridgehead atoms. The fourth-order valence-electron chi connectivity index (χ4n) is 1.37. The van der Waals surface area contributed by atoms with Crippen LogP contribution in [0.5, 0.6) is 5.75 Å². The van der Waals surface area contributed by atoms with E-state index in [0.717, 1.165) is 17.0 Å². The molecule has 1 aromatic heterocycles. The molecule has 0 aliphatic heterocycles. The summed E-state index contributed by atoms with van der Waals surface area (Å²) in [5.41, 5.74) is 7.43. The van der Waals surface area contributed by atoms with Gasteiger partial charge >= 0.3 is 0 Å². The summed E-state index contributed by atoms with van der Waals surface area (Å²) < 4.78 is 6.92. The molecule has 0 amide bonds. The topological polar surface area (TPSA) is 66.0 Å². The Balaban J connectivity index is 2.48. The number of aromatic nitrogens is 3. The highest BCUT2D eigenvalue weighted by molar-refractivity contribution is 5.48. The average molecular weight is 204 g/mol. The summed E-state index contributed by atoms with van der Waals surface area (Å²) in [7, 11) is 1.62. The molecule has 0 aliphatic carbocycles. The maximum Gasteiger partial charge on any atom is 0.144 e. The quantitative estimate of drug-likeness (QED) is 0.800. The van der Waals surface area contributed by atoms with E-state index in [1.165, 1.54) is 6.33 Å². The van der Waals surface area contributed by atoms with Crippen LogP contribution in [0.3, 0.4) is 0 Å². The smallest absolute Gasteiger partial charge is 0.144 e.